The van der Waals surface area contributed by atoms with Crippen molar-refractivity contribution in [3.8, 4) is 0 Å². The molecule has 6 rings (SSSR count). The minimum atomic E-state index is -2.91. The summed E-state index contributed by atoms with van der Waals surface area (Å²) in [7, 11) is 168. The molecule has 4 aromatic rings. The van der Waals surface area contributed by atoms with E-state index in [9.17, 15) is 8.78 Å². The summed E-state index contributed by atoms with van der Waals surface area (Å²) in [6, 6.07) is -0.129. The van der Waals surface area contributed by atoms with Crippen molar-refractivity contribution in [2.24, 2.45) is 5.41 Å². The van der Waals surface area contributed by atoms with Gasteiger partial charge in [0, 0.05) is 22.8 Å². The fraction of sp³-hybridized carbons (Fsp3) is 0.394. The highest BCUT2D eigenvalue weighted by molar-refractivity contribution is 6.68. The smallest absolute Gasteiger partial charge is 0.258 e. The van der Waals surface area contributed by atoms with E-state index in [-0.39, 0.29) is 27.4 Å². The van der Waals surface area contributed by atoms with Crippen LogP contribution in [0.3, 0.4) is 0 Å². The highest BCUT2D eigenvalue weighted by Crippen LogP contribution is 2.55. The number of carbonyl (C=O) groups is 1. The van der Waals surface area contributed by atoms with Crippen molar-refractivity contribution in [1.29, 1.82) is 0 Å². The summed E-state index contributed by atoms with van der Waals surface area (Å²) in [6.07, 6.45) is 0. The fourth-order valence-corrected chi connectivity index (χ4v) is 8.77. The van der Waals surface area contributed by atoms with Gasteiger partial charge in [-0.3, -0.25) is 9.89 Å². The van der Waals surface area contributed by atoms with Gasteiger partial charge in [-0.15, -0.1) is 0 Å². The monoisotopic (exact) mass is 848 g/mol. The number of amides is 1. The van der Waals surface area contributed by atoms with Crippen LogP contribution >= 0.6 is 0 Å². The Bertz CT molecular complexity index is 2740. The van der Waals surface area contributed by atoms with E-state index in [1.54, 1.807) is 0 Å². The van der Waals surface area contributed by atoms with Crippen LogP contribution in [0.4, 0.5) is 26.0 Å². The highest BCUT2D eigenvalue weighted by Gasteiger charge is 2.63. The van der Waals surface area contributed by atoms with Crippen molar-refractivity contribution >= 4 is 276 Å². The summed E-state index contributed by atoms with van der Waals surface area (Å²) in [5.41, 5.74) is -8.54. The van der Waals surface area contributed by atoms with E-state index in [2.05, 4.69) is 20.8 Å². The number of H-pyrrole nitrogens is 1. The maximum absolute atomic E-state index is 15.0. The van der Waals surface area contributed by atoms with E-state index >= 15 is 4.79 Å². The summed E-state index contributed by atoms with van der Waals surface area (Å²) in [4.78, 5) is 16.0. The lowest BCUT2D eigenvalue weighted by Crippen LogP contribution is -2.95. The average molecular weight is 844 g/mol. The topological polar surface area (TPSA) is 85.5 Å². The molecule has 52 radical (unpaired) electrons. The van der Waals surface area contributed by atoms with Gasteiger partial charge in [-0.1, -0.05) is 67.9 Å². The molecule has 278 valence electrons. The predicted octanol–water partition coefficient (Wildman–Crippen LogP) is -12.3. The zero-order chi connectivity index (χ0) is 53.1. The second-order valence-electron chi connectivity index (χ2n) is 18.2. The van der Waals surface area contributed by atoms with E-state index in [0.29, 0.717) is 9.80 Å². The molecule has 0 aliphatic carbocycles. The van der Waals surface area contributed by atoms with Gasteiger partial charge in [0.05, 0.1) is 144 Å². The molecule has 0 saturated carbocycles. The first-order chi connectivity index (χ1) is 30.8. The number of benzene rings is 3. The third kappa shape index (κ3) is 7.98. The molecule has 1 unspecified atom stereocenters. The van der Waals surface area contributed by atoms with Crippen LogP contribution < -0.4 is 53.8 Å². The highest BCUT2D eigenvalue weighted by atomic mass is 19.1. The van der Waals surface area contributed by atoms with Gasteiger partial charge in [0.15, 0.2) is 5.82 Å². The van der Waals surface area contributed by atoms with E-state index < -0.39 is 132 Å². The van der Waals surface area contributed by atoms with E-state index in [1.165, 1.54) is 13.8 Å². The second-order valence-corrected chi connectivity index (χ2v) is 18.2. The molecule has 1 aromatic heterocycles. The number of halogens is 2. The maximum Gasteiger partial charge on any atom is 0.258 e. The Balaban J connectivity index is 1.65. The first-order valence-corrected chi connectivity index (χ1v) is 19.8. The first-order valence-electron chi connectivity index (χ1n) is 19.8. The quantitative estimate of drug-likeness (QED) is 0.153. The number of hydrogen-bond acceptors (Lipinski definition) is 6. The van der Waals surface area contributed by atoms with Gasteiger partial charge >= 0.3 is 0 Å². The second kappa shape index (κ2) is 16.8. The van der Waals surface area contributed by atoms with Crippen LogP contribution in [0.25, 0.3) is 10.9 Å². The third-order valence-corrected chi connectivity index (χ3v) is 13.0. The van der Waals surface area contributed by atoms with Crippen molar-refractivity contribution in [3.63, 3.8) is 0 Å². The molecule has 69 heavy (non-hydrogen) atoms. The Hall–Kier alpha value is -2.33. The minimum absolute atomic E-state index is 0.0983. The van der Waals surface area contributed by atoms with Crippen LogP contribution in [0.1, 0.15) is 35.3 Å². The summed E-state index contributed by atoms with van der Waals surface area (Å²) in [5, 5.41) is -11.9. The van der Waals surface area contributed by atoms with Crippen molar-refractivity contribution in [2.45, 2.75) is 67.7 Å². The number of fused-ring (bicyclic) bond motifs is 1. The van der Waals surface area contributed by atoms with Gasteiger partial charge in [0.2, 0.25) is 0 Å². The first kappa shape index (κ1) is 56.0. The Kier molecular flexibility index (Phi) is 13.7. The summed E-state index contributed by atoms with van der Waals surface area (Å²) in [5.74, 6) is -4.12. The Morgan fingerprint density at radius 1 is 0.681 bits per heavy atom. The van der Waals surface area contributed by atoms with Gasteiger partial charge in [0.25, 0.3) is 5.91 Å². The number of nitrogens with zero attached hydrogens (tertiary/aromatic N) is 3. The maximum atomic E-state index is 15.0. The van der Waals surface area contributed by atoms with Gasteiger partial charge in [-0.2, -0.15) is 5.10 Å². The molecular weight excluding hydrogens is 832 g/mol. The number of rotatable bonds is 8. The van der Waals surface area contributed by atoms with Crippen molar-refractivity contribution in [2.75, 3.05) is 15.5 Å². The number of hydrogen-bond donors (Lipinski definition) is 3. The Labute approximate surface area is 436 Å². The number of nitrogens with one attached hydrogen (secondary N) is 3. The SMILES string of the molecule is [B]c1c(F)cc(C([B])([B])c2c([B])c([B])c3[nH]nc(NC(=O)c4c([B])c([B])c(N5C([B])([B])C([B])([B])N(C([B])([B])[B])C([B])([B])C5([B])[B])c([B])c4NC4C([B])([B])C([B])([B])OC([B])([B])C4(C)C)c3c2[B])cc1F. The van der Waals surface area contributed by atoms with E-state index in [1.807, 2.05) is 0 Å². The molecule has 1 amide bonds. The summed E-state index contributed by atoms with van der Waals surface area (Å²) in [6.45, 7) is 2.84. The molecule has 0 bridgehead atoms. The molecule has 3 aromatic carbocycles. The van der Waals surface area contributed by atoms with Crippen molar-refractivity contribution in [1.82, 2.24) is 15.1 Å². The number of aromatic nitrogens is 2. The van der Waals surface area contributed by atoms with Crippen molar-refractivity contribution < 1.29 is 18.3 Å². The minimum Gasteiger partial charge on any atom is -0.407 e. The number of piperazine rings is 1. The van der Waals surface area contributed by atoms with E-state index in [4.69, 9.17) is 209 Å². The lowest BCUT2D eigenvalue weighted by Gasteiger charge is -2.79. The molecule has 2 aliphatic heterocycles. The van der Waals surface area contributed by atoms with Crippen LogP contribution in [0.15, 0.2) is 12.1 Å². The molecule has 3 N–H and O–H groups in total. The molecule has 1 atom stereocenters. The molecule has 0 spiro atoms. The molecule has 36 heteroatoms. The largest absolute Gasteiger partial charge is 0.407 e. The van der Waals surface area contributed by atoms with Crippen molar-refractivity contribution in [3.05, 3.63) is 40.5 Å². The summed E-state index contributed by atoms with van der Waals surface area (Å²) < 4.78 is 35.1. The lowest BCUT2D eigenvalue weighted by molar-refractivity contribution is -0.102. The molecule has 3 heterocycles. The van der Waals surface area contributed by atoms with Crippen LogP contribution in [0, 0.1) is 17.0 Å². The Morgan fingerprint density at radius 3 is 1.65 bits per heavy atom. The van der Waals surface area contributed by atoms with Gasteiger partial charge < -0.3 is 25.2 Å². The van der Waals surface area contributed by atoms with Crippen LogP contribution in [0.2, 0.25) is 5.21 Å². The lowest BCUT2D eigenvalue weighted by atomic mass is 9.24. The van der Waals surface area contributed by atoms with Crippen LogP contribution in [-0.2, 0) is 9.95 Å². The third-order valence-electron chi connectivity index (χ3n) is 13.0. The number of ether oxygens (including phenoxy) is 1. The molecule has 8 nitrogen and oxygen atoms in total. The number of carbonyl (C=O) groups excluding carboxylic acids is 1. The van der Waals surface area contributed by atoms with Crippen LogP contribution in [-0.4, -0.2) is 268 Å². The van der Waals surface area contributed by atoms with Gasteiger partial charge in [-0.25, -0.2) is 8.78 Å². The van der Waals surface area contributed by atoms with Crippen LogP contribution in [0.5, 0.6) is 0 Å². The molecular formula is C33H12B26F2N6O2. The number of aromatic amines is 1. The number of anilines is 3. The average Bonchev–Trinajstić information content (AvgIpc) is 3.59. The van der Waals surface area contributed by atoms with Gasteiger partial charge in [-0.05, 0) is 60.7 Å². The fourth-order valence-electron chi connectivity index (χ4n) is 8.77. The molecule has 2 saturated heterocycles. The molecule has 2 aliphatic rings. The van der Waals surface area contributed by atoms with Gasteiger partial charge in [0.1, 0.15) is 82.3 Å². The normalized spacial score (nSPS) is 22.1. The zero-order valence-electron chi connectivity index (χ0n) is 37.2. The standard InChI is InChI=1S/C33H12B26F2N6O2/c1-24(2)23(26(43,44)32(55,56)69-31(24,53)54)62-18-9(13(36)16(39)20(17(18)40)66-27(45,46)29(49,50)67(33(57,58)59)30(51,52)28(66,47)48)22(68)63-21-8-12(35)10(14(37)15(38)19(8)64-65-21)25(41,42)5-3-6(60)11(34)7(61)4-5/h3-4,23,62H,1-2H3,(H2,63,64,65,68). The predicted molar refractivity (Wildman–Crippen MR) is 293 cm³/mol. The zero-order valence-corrected chi connectivity index (χ0v) is 37.2. The Morgan fingerprint density at radius 2 is 1.17 bits per heavy atom. The molecule has 2 fully saturated rings. The van der Waals surface area contributed by atoms with E-state index in [0.717, 1.165) is 12.1 Å². The summed E-state index contributed by atoms with van der Waals surface area (Å²) >= 11 is 0.